The van der Waals surface area contributed by atoms with Crippen LogP contribution in [-0.4, -0.2) is 34.7 Å². The second-order valence-electron chi connectivity index (χ2n) is 6.31. The van der Waals surface area contributed by atoms with E-state index in [9.17, 15) is 4.79 Å². The van der Waals surface area contributed by atoms with Crippen molar-refractivity contribution in [3.63, 3.8) is 0 Å². The van der Waals surface area contributed by atoms with Crippen molar-refractivity contribution in [3.8, 4) is 11.1 Å². The summed E-state index contributed by atoms with van der Waals surface area (Å²) >= 11 is 0. The molecule has 2 aromatic heterocycles. The van der Waals surface area contributed by atoms with Crippen LogP contribution in [0, 0.1) is 0 Å². The molecule has 0 fully saturated rings. The molecule has 4 rings (SSSR count). The molecule has 0 aliphatic carbocycles. The highest BCUT2D eigenvalue weighted by molar-refractivity contribution is 5.93. The minimum absolute atomic E-state index is 0.333. The zero-order valence-corrected chi connectivity index (χ0v) is 16.1. The third-order valence-corrected chi connectivity index (χ3v) is 4.48. The SMILES string of the molecule is CNC(=O)Nc1cnn2c(NC)cc(Nc3ccccc3-c3ccccc3)nc12. The quantitative estimate of drug-likeness (QED) is 0.416. The lowest BCUT2D eigenvalue weighted by molar-refractivity contribution is 0.254. The third kappa shape index (κ3) is 3.68. The van der Waals surface area contributed by atoms with Crippen LogP contribution in [0.5, 0.6) is 0 Å². The van der Waals surface area contributed by atoms with Gasteiger partial charge in [-0.3, -0.25) is 0 Å². The van der Waals surface area contributed by atoms with E-state index in [2.05, 4.69) is 49.5 Å². The van der Waals surface area contributed by atoms with Crippen molar-refractivity contribution < 1.29 is 4.79 Å². The molecule has 4 N–H and O–H groups in total. The molecular weight excluding hydrogens is 366 g/mol. The molecular formula is C21H21N7O. The molecule has 4 aromatic rings. The predicted molar refractivity (Wildman–Crippen MR) is 116 cm³/mol. The van der Waals surface area contributed by atoms with Gasteiger partial charge in [-0.2, -0.15) is 9.61 Å². The van der Waals surface area contributed by atoms with Crippen LogP contribution in [0.2, 0.25) is 0 Å². The summed E-state index contributed by atoms with van der Waals surface area (Å²) in [7, 11) is 3.37. The maximum absolute atomic E-state index is 11.7. The highest BCUT2D eigenvalue weighted by Crippen LogP contribution is 2.31. The number of benzene rings is 2. The number of amides is 2. The van der Waals surface area contributed by atoms with Gasteiger partial charge in [-0.1, -0.05) is 48.5 Å². The van der Waals surface area contributed by atoms with Gasteiger partial charge in [0.1, 0.15) is 17.3 Å². The summed E-state index contributed by atoms with van der Waals surface area (Å²) in [6, 6.07) is 19.7. The first-order chi connectivity index (χ1) is 14.2. The Morgan fingerprint density at radius 1 is 0.966 bits per heavy atom. The Morgan fingerprint density at radius 2 is 1.72 bits per heavy atom. The molecule has 0 bridgehead atoms. The van der Waals surface area contributed by atoms with E-state index in [-0.39, 0.29) is 6.03 Å². The smallest absolute Gasteiger partial charge is 0.319 e. The zero-order chi connectivity index (χ0) is 20.2. The molecule has 146 valence electrons. The van der Waals surface area contributed by atoms with Crippen molar-refractivity contribution in [1.82, 2.24) is 19.9 Å². The summed E-state index contributed by atoms with van der Waals surface area (Å²) in [4.78, 5) is 16.4. The average molecular weight is 387 g/mol. The molecule has 8 nitrogen and oxygen atoms in total. The van der Waals surface area contributed by atoms with Crippen LogP contribution < -0.4 is 21.3 Å². The summed E-state index contributed by atoms with van der Waals surface area (Å²) < 4.78 is 1.64. The molecule has 0 aliphatic heterocycles. The highest BCUT2D eigenvalue weighted by Gasteiger charge is 2.14. The van der Waals surface area contributed by atoms with E-state index in [1.165, 1.54) is 0 Å². The maximum Gasteiger partial charge on any atom is 0.319 e. The van der Waals surface area contributed by atoms with E-state index in [0.29, 0.717) is 17.2 Å². The van der Waals surface area contributed by atoms with Crippen molar-refractivity contribution >= 4 is 34.7 Å². The second kappa shape index (κ2) is 7.89. The number of aromatic nitrogens is 3. The summed E-state index contributed by atoms with van der Waals surface area (Å²) in [5.41, 5.74) is 4.15. The van der Waals surface area contributed by atoms with Gasteiger partial charge in [0.2, 0.25) is 0 Å². The zero-order valence-electron chi connectivity index (χ0n) is 16.1. The topological polar surface area (TPSA) is 95.4 Å². The lowest BCUT2D eigenvalue weighted by Crippen LogP contribution is -2.24. The fraction of sp³-hybridized carbons (Fsp3) is 0.0952. The van der Waals surface area contributed by atoms with Gasteiger partial charge >= 0.3 is 6.03 Å². The Labute approximate surface area is 168 Å². The molecule has 2 aromatic carbocycles. The van der Waals surface area contributed by atoms with Gasteiger partial charge < -0.3 is 21.3 Å². The number of anilines is 4. The van der Waals surface area contributed by atoms with E-state index in [4.69, 9.17) is 0 Å². The van der Waals surface area contributed by atoms with Crippen LogP contribution in [0.25, 0.3) is 16.8 Å². The van der Waals surface area contributed by atoms with Gasteiger partial charge in [-0.05, 0) is 11.6 Å². The number of nitrogens with one attached hydrogen (secondary N) is 4. The molecule has 0 atom stereocenters. The number of nitrogens with zero attached hydrogens (tertiary/aromatic N) is 3. The van der Waals surface area contributed by atoms with E-state index < -0.39 is 0 Å². The van der Waals surface area contributed by atoms with Crippen molar-refractivity contribution in [2.24, 2.45) is 0 Å². The number of carbonyl (C=O) groups is 1. The Hall–Kier alpha value is -4.07. The third-order valence-electron chi connectivity index (χ3n) is 4.48. The number of urea groups is 1. The molecule has 8 heteroatoms. The fourth-order valence-electron chi connectivity index (χ4n) is 3.08. The fourth-order valence-corrected chi connectivity index (χ4v) is 3.08. The van der Waals surface area contributed by atoms with Gasteiger partial charge in [-0.15, -0.1) is 0 Å². The van der Waals surface area contributed by atoms with Crippen LogP contribution in [0.1, 0.15) is 0 Å². The second-order valence-corrected chi connectivity index (χ2v) is 6.31. The van der Waals surface area contributed by atoms with E-state index >= 15 is 0 Å². The Kier molecular flexibility index (Phi) is 4.98. The number of para-hydroxylation sites is 1. The molecule has 0 saturated carbocycles. The Balaban J connectivity index is 1.76. The number of hydrogen-bond donors (Lipinski definition) is 4. The largest absolute Gasteiger partial charge is 0.373 e. The normalized spacial score (nSPS) is 10.6. The molecule has 0 aliphatic rings. The minimum Gasteiger partial charge on any atom is -0.373 e. The summed E-state index contributed by atoms with van der Waals surface area (Å²) in [6.45, 7) is 0. The first kappa shape index (κ1) is 18.3. The molecule has 0 radical (unpaired) electrons. The van der Waals surface area contributed by atoms with Gasteiger partial charge in [-0.25, -0.2) is 9.78 Å². The van der Waals surface area contributed by atoms with Crippen LogP contribution in [-0.2, 0) is 0 Å². The van der Waals surface area contributed by atoms with Crippen LogP contribution in [0.4, 0.5) is 27.8 Å². The summed E-state index contributed by atoms with van der Waals surface area (Å²) in [5, 5.41) is 16.1. The lowest BCUT2D eigenvalue weighted by Gasteiger charge is -2.14. The number of fused-ring (bicyclic) bond motifs is 1. The molecule has 2 heterocycles. The standard InChI is InChI=1S/C21H21N7O/c1-22-19-12-18(27-20-17(13-24-28(19)20)26-21(29)23-2)25-16-11-7-6-10-15(16)14-8-4-3-5-9-14/h3-13,22H,1-2H3,(H,25,27)(H2,23,26,29). The first-order valence-corrected chi connectivity index (χ1v) is 9.16. The van der Waals surface area contributed by atoms with Gasteiger partial charge in [0.25, 0.3) is 0 Å². The van der Waals surface area contributed by atoms with Gasteiger partial charge in [0.05, 0.1) is 6.20 Å². The van der Waals surface area contributed by atoms with Crippen molar-refractivity contribution in [3.05, 3.63) is 66.9 Å². The first-order valence-electron chi connectivity index (χ1n) is 9.16. The number of rotatable bonds is 5. The summed E-state index contributed by atoms with van der Waals surface area (Å²) in [6.07, 6.45) is 1.57. The van der Waals surface area contributed by atoms with Gasteiger partial charge in [0.15, 0.2) is 5.65 Å². The number of carbonyl (C=O) groups excluding carboxylic acids is 1. The predicted octanol–water partition coefficient (Wildman–Crippen LogP) is 3.93. The highest BCUT2D eigenvalue weighted by atomic mass is 16.2. The monoisotopic (exact) mass is 387 g/mol. The Morgan fingerprint density at radius 3 is 2.48 bits per heavy atom. The number of hydrogen-bond acceptors (Lipinski definition) is 5. The average Bonchev–Trinajstić information content (AvgIpc) is 3.16. The molecule has 0 saturated heterocycles. The molecule has 0 unspecified atom stereocenters. The van der Waals surface area contributed by atoms with Crippen LogP contribution in [0.3, 0.4) is 0 Å². The molecule has 29 heavy (non-hydrogen) atoms. The van der Waals surface area contributed by atoms with E-state index in [1.54, 1.807) is 17.8 Å². The molecule has 0 spiro atoms. The van der Waals surface area contributed by atoms with Crippen LogP contribution >= 0.6 is 0 Å². The summed E-state index contributed by atoms with van der Waals surface area (Å²) in [5.74, 6) is 1.37. The lowest BCUT2D eigenvalue weighted by atomic mass is 10.0. The minimum atomic E-state index is -0.333. The Bertz CT molecular complexity index is 1150. The van der Waals surface area contributed by atoms with E-state index in [0.717, 1.165) is 22.6 Å². The molecule has 2 amide bonds. The van der Waals surface area contributed by atoms with Gasteiger partial charge in [0, 0.05) is 31.4 Å². The van der Waals surface area contributed by atoms with Crippen molar-refractivity contribution in [1.29, 1.82) is 0 Å². The maximum atomic E-state index is 11.7. The van der Waals surface area contributed by atoms with Crippen molar-refractivity contribution in [2.75, 3.05) is 30.0 Å². The van der Waals surface area contributed by atoms with Crippen LogP contribution in [0.15, 0.2) is 66.9 Å². The van der Waals surface area contributed by atoms with E-state index in [1.807, 2.05) is 49.5 Å². The van der Waals surface area contributed by atoms with Crippen molar-refractivity contribution in [2.45, 2.75) is 0 Å².